The lowest BCUT2D eigenvalue weighted by Gasteiger charge is -2.15. The number of hydrogen-bond acceptors (Lipinski definition) is 4. The van der Waals surface area contributed by atoms with Crippen molar-refractivity contribution in [2.24, 2.45) is 5.92 Å². The molecule has 7 nitrogen and oxygen atoms in total. The van der Waals surface area contributed by atoms with E-state index in [-0.39, 0.29) is 25.5 Å². The first kappa shape index (κ1) is 12.4. The van der Waals surface area contributed by atoms with Gasteiger partial charge in [0.05, 0.1) is 12.5 Å². The zero-order valence-electron chi connectivity index (χ0n) is 8.86. The van der Waals surface area contributed by atoms with E-state index in [2.05, 4.69) is 15.4 Å². The Balaban J connectivity index is 2.48. The van der Waals surface area contributed by atoms with Crippen LogP contribution < -0.4 is 10.6 Å². The van der Waals surface area contributed by atoms with E-state index < -0.39 is 23.8 Å². The van der Waals surface area contributed by atoms with Gasteiger partial charge >= 0.3 is 5.97 Å². The Kier molecular flexibility index (Phi) is 4.24. The largest absolute Gasteiger partial charge is 0.480 e. The van der Waals surface area contributed by atoms with Gasteiger partial charge in [-0.25, -0.2) is 4.79 Å². The molecular formula is C9H14N2O5. The molecule has 90 valence electrons. The molecule has 2 atom stereocenters. The van der Waals surface area contributed by atoms with Gasteiger partial charge in [-0.05, 0) is 0 Å². The van der Waals surface area contributed by atoms with Gasteiger partial charge in [0.1, 0.15) is 0 Å². The molecule has 1 saturated heterocycles. The molecule has 2 unspecified atom stereocenters. The van der Waals surface area contributed by atoms with E-state index in [0.717, 1.165) is 0 Å². The number of rotatable bonds is 5. The van der Waals surface area contributed by atoms with Gasteiger partial charge in [0.15, 0.2) is 6.04 Å². The Morgan fingerprint density at radius 2 is 2.38 bits per heavy atom. The summed E-state index contributed by atoms with van der Waals surface area (Å²) >= 11 is 0. The molecule has 1 rings (SSSR count). The molecule has 1 fully saturated rings. The van der Waals surface area contributed by atoms with Gasteiger partial charge in [-0.2, -0.15) is 0 Å². The van der Waals surface area contributed by atoms with Crippen LogP contribution in [0.5, 0.6) is 0 Å². The van der Waals surface area contributed by atoms with Crippen LogP contribution in [0.3, 0.4) is 0 Å². The monoisotopic (exact) mass is 230 g/mol. The molecule has 1 aliphatic heterocycles. The first-order chi connectivity index (χ1) is 7.54. The van der Waals surface area contributed by atoms with Gasteiger partial charge in [0.25, 0.3) is 0 Å². The number of methoxy groups -OCH3 is 1. The van der Waals surface area contributed by atoms with Crippen molar-refractivity contribution in [2.75, 3.05) is 20.3 Å². The smallest absolute Gasteiger partial charge is 0.328 e. The summed E-state index contributed by atoms with van der Waals surface area (Å²) in [5.74, 6) is -2.29. The van der Waals surface area contributed by atoms with Crippen molar-refractivity contribution in [1.29, 1.82) is 0 Å². The van der Waals surface area contributed by atoms with Crippen molar-refractivity contribution >= 4 is 17.8 Å². The second-order valence-electron chi connectivity index (χ2n) is 3.56. The highest BCUT2D eigenvalue weighted by molar-refractivity contribution is 5.91. The standard InChI is InChI=1S/C9H14N2O5/c1-16-4-6(9(14)15)11-8(13)5-2-7(12)10-3-5/h5-6H,2-4H2,1H3,(H,10,12)(H,11,13)(H,14,15). The van der Waals surface area contributed by atoms with Gasteiger partial charge in [0, 0.05) is 20.1 Å². The fourth-order valence-corrected chi connectivity index (χ4v) is 1.42. The summed E-state index contributed by atoms with van der Waals surface area (Å²) in [6.45, 7) is 0.152. The van der Waals surface area contributed by atoms with Crippen LogP contribution in [0.15, 0.2) is 0 Å². The normalized spacial score (nSPS) is 21.3. The van der Waals surface area contributed by atoms with Gasteiger partial charge in [0.2, 0.25) is 11.8 Å². The first-order valence-electron chi connectivity index (χ1n) is 4.83. The van der Waals surface area contributed by atoms with Crippen molar-refractivity contribution < 1.29 is 24.2 Å². The summed E-state index contributed by atoms with van der Waals surface area (Å²) in [5, 5.41) is 13.6. The van der Waals surface area contributed by atoms with E-state index in [9.17, 15) is 14.4 Å². The van der Waals surface area contributed by atoms with Crippen molar-refractivity contribution in [3.8, 4) is 0 Å². The number of amides is 2. The molecule has 0 aromatic heterocycles. The molecule has 0 saturated carbocycles. The van der Waals surface area contributed by atoms with E-state index in [1.165, 1.54) is 7.11 Å². The highest BCUT2D eigenvalue weighted by Gasteiger charge is 2.30. The number of aliphatic carboxylic acids is 1. The van der Waals surface area contributed by atoms with Crippen LogP contribution >= 0.6 is 0 Å². The van der Waals surface area contributed by atoms with Crippen LogP contribution in [0.1, 0.15) is 6.42 Å². The Hall–Kier alpha value is -1.63. The van der Waals surface area contributed by atoms with E-state index in [4.69, 9.17) is 5.11 Å². The van der Waals surface area contributed by atoms with Crippen LogP contribution in [-0.4, -0.2) is 49.2 Å². The molecule has 16 heavy (non-hydrogen) atoms. The van der Waals surface area contributed by atoms with Crippen molar-refractivity contribution in [3.05, 3.63) is 0 Å². The fraction of sp³-hybridized carbons (Fsp3) is 0.667. The Morgan fingerprint density at radius 3 is 2.81 bits per heavy atom. The zero-order valence-corrected chi connectivity index (χ0v) is 8.86. The SMILES string of the molecule is COCC(NC(=O)C1CNC(=O)C1)C(=O)O. The van der Waals surface area contributed by atoms with E-state index in [1.54, 1.807) is 0 Å². The summed E-state index contributed by atoms with van der Waals surface area (Å²) in [5.41, 5.74) is 0. The minimum Gasteiger partial charge on any atom is -0.480 e. The predicted molar refractivity (Wildman–Crippen MR) is 52.6 cm³/mol. The average Bonchev–Trinajstić information content (AvgIpc) is 2.64. The number of hydrogen-bond donors (Lipinski definition) is 3. The summed E-state index contributed by atoms with van der Waals surface area (Å²) in [7, 11) is 1.35. The summed E-state index contributed by atoms with van der Waals surface area (Å²) in [4.78, 5) is 33.2. The molecule has 3 N–H and O–H groups in total. The van der Waals surface area contributed by atoms with E-state index in [0.29, 0.717) is 0 Å². The van der Waals surface area contributed by atoms with Crippen molar-refractivity contribution in [1.82, 2.24) is 10.6 Å². The van der Waals surface area contributed by atoms with Crippen LogP contribution in [-0.2, 0) is 19.1 Å². The van der Waals surface area contributed by atoms with Crippen molar-refractivity contribution in [2.45, 2.75) is 12.5 Å². The van der Waals surface area contributed by atoms with Crippen molar-refractivity contribution in [3.63, 3.8) is 0 Å². The molecule has 0 aliphatic carbocycles. The van der Waals surface area contributed by atoms with Crippen LogP contribution in [0.4, 0.5) is 0 Å². The van der Waals surface area contributed by atoms with Gasteiger partial charge in [-0.3, -0.25) is 9.59 Å². The highest BCUT2D eigenvalue weighted by atomic mass is 16.5. The fourth-order valence-electron chi connectivity index (χ4n) is 1.42. The lowest BCUT2D eigenvalue weighted by molar-refractivity contribution is -0.143. The quantitative estimate of drug-likeness (QED) is 0.524. The minimum atomic E-state index is -1.16. The predicted octanol–water partition coefficient (Wildman–Crippen LogP) is -1.66. The Labute approximate surface area is 92.1 Å². The lowest BCUT2D eigenvalue weighted by Crippen LogP contribution is -2.46. The average molecular weight is 230 g/mol. The molecule has 0 bridgehead atoms. The third-order valence-electron chi connectivity index (χ3n) is 2.30. The number of ether oxygens (including phenoxy) is 1. The number of carboxylic acid groups (broad SMARTS) is 1. The third kappa shape index (κ3) is 3.20. The second-order valence-corrected chi connectivity index (χ2v) is 3.56. The maximum Gasteiger partial charge on any atom is 0.328 e. The Morgan fingerprint density at radius 1 is 1.69 bits per heavy atom. The molecule has 7 heteroatoms. The molecule has 0 radical (unpaired) electrons. The first-order valence-corrected chi connectivity index (χ1v) is 4.83. The van der Waals surface area contributed by atoms with Gasteiger partial charge < -0.3 is 20.5 Å². The molecule has 1 aliphatic rings. The highest BCUT2D eigenvalue weighted by Crippen LogP contribution is 2.08. The van der Waals surface area contributed by atoms with Crippen LogP contribution in [0.25, 0.3) is 0 Å². The topological polar surface area (TPSA) is 105 Å². The molecule has 0 spiro atoms. The van der Waals surface area contributed by atoms with Crippen LogP contribution in [0, 0.1) is 5.92 Å². The number of nitrogens with one attached hydrogen (secondary N) is 2. The number of carbonyl (C=O) groups is 3. The third-order valence-corrected chi connectivity index (χ3v) is 2.30. The number of carbonyl (C=O) groups excluding carboxylic acids is 2. The van der Waals surface area contributed by atoms with E-state index >= 15 is 0 Å². The molecule has 0 aromatic rings. The molecule has 1 heterocycles. The zero-order chi connectivity index (χ0) is 12.1. The number of carboxylic acids is 1. The maximum absolute atomic E-state index is 11.6. The summed E-state index contributed by atoms with van der Waals surface area (Å²) in [6, 6.07) is -1.08. The van der Waals surface area contributed by atoms with E-state index in [1.807, 2.05) is 0 Å². The molecule has 0 aromatic carbocycles. The summed E-state index contributed by atoms with van der Waals surface area (Å²) < 4.78 is 4.67. The Bertz CT molecular complexity index is 304. The second kappa shape index (κ2) is 5.45. The van der Waals surface area contributed by atoms with Crippen LogP contribution in [0.2, 0.25) is 0 Å². The lowest BCUT2D eigenvalue weighted by atomic mass is 10.1. The molecule has 2 amide bonds. The van der Waals surface area contributed by atoms with Gasteiger partial charge in [-0.1, -0.05) is 0 Å². The maximum atomic E-state index is 11.6. The molecular weight excluding hydrogens is 216 g/mol. The minimum absolute atomic E-state index is 0.102. The summed E-state index contributed by atoms with van der Waals surface area (Å²) in [6.07, 6.45) is 0.102. The van der Waals surface area contributed by atoms with Gasteiger partial charge in [-0.15, -0.1) is 0 Å².